The molecular formula is C16H20Cl3NO10. The first kappa shape index (κ1) is 26.2. The van der Waals surface area contributed by atoms with Gasteiger partial charge < -0.3 is 28.4 Å². The third kappa shape index (κ3) is 8.13. The molecular weight excluding hydrogens is 473 g/mol. The van der Waals surface area contributed by atoms with Gasteiger partial charge in [-0.15, -0.1) is 0 Å². The molecule has 1 rings (SSSR count). The number of halogens is 3. The molecule has 0 aliphatic carbocycles. The second-order valence-corrected chi connectivity index (χ2v) is 8.29. The highest BCUT2D eigenvalue weighted by Gasteiger charge is 2.54. The smallest absolute Gasteiger partial charge is 0.303 e. The van der Waals surface area contributed by atoms with Crippen LogP contribution in [-0.2, 0) is 47.6 Å². The highest BCUT2D eigenvalue weighted by Crippen LogP contribution is 2.33. The fourth-order valence-electron chi connectivity index (χ4n) is 2.47. The number of hydrogen-bond donors (Lipinski definition) is 1. The van der Waals surface area contributed by atoms with Crippen LogP contribution in [0.2, 0.25) is 0 Å². The third-order valence-electron chi connectivity index (χ3n) is 3.44. The van der Waals surface area contributed by atoms with Gasteiger partial charge in [-0.2, -0.15) is 0 Å². The summed E-state index contributed by atoms with van der Waals surface area (Å²) >= 11 is 16.8. The van der Waals surface area contributed by atoms with E-state index in [1.54, 1.807) is 0 Å². The van der Waals surface area contributed by atoms with Gasteiger partial charge >= 0.3 is 23.9 Å². The number of nitrogens with one attached hydrogen (secondary N) is 1. The second-order valence-electron chi connectivity index (χ2n) is 6.01. The topological polar surface area (TPSA) is 148 Å². The van der Waals surface area contributed by atoms with Gasteiger partial charge in [0.1, 0.15) is 12.7 Å². The monoisotopic (exact) mass is 491 g/mol. The van der Waals surface area contributed by atoms with Crippen LogP contribution in [0, 0.1) is 5.41 Å². The van der Waals surface area contributed by atoms with E-state index in [2.05, 4.69) is 0 Å². The first-order valence-corrected chi connectivity index (χ1v) is 9.48. The number of alkyl halides is 3. The zero-order valence-corrected chi connectivity index (χ0v) is 18.6. The molecule has 1 saturated heterocycles. The Morgan fingerprint density at radius 3 is 1.70 bits per heavy atom. The minimum atomic E-state index is -2.29. The van der Waals surface area contributed by atoms with Gasteiger partial charge in [0.2, 0.25) is 18.3 Å². The molecule has 0 spiro atoms. The molecule has 11 nitrogen and oxygen atoms in total. The molecule has 0 aromatic rings. The maximum Gasteiger partial charge on any atom is 0.303 e. The summed E-state index contributed by atoms with van der Waals surface area (Å²) in [6, 6.07) is 0. The summed E-state index contributed by atoms with van der Waals surface area (Å²) in [5.41, 5.74) is 0. The fourth-order valence-corrected chi connectivity index (χ4v) is 2.60. The standard InChI is InChI=1S/C16H20Cl3NO10/c1-6(21)25-5-10-11(26-7(2)22)12(27-8(3)23)13(28-9(4)24)14(29-10)30-15(20)16(17,18)19/h10-14,20H,5H2,1-4H3/t10-,11?,12?,13-,14-/m1/s1. The summed E-state index contributed by atoms with van der Waals surface area (Å²) in [7, 11) is 0. The molecule has 0 bridgehead atoms. The lowest BCUT2D eigenvalue weighted by molar-refractivity contribution is -0.292. The van der Waals surface area contributed by atoms with E-state index < -0.39 is 70.9 Å². The van der Waals surface area contributed by atoms with Crippen LogP contribution in [0.5, 0.6) is 0 Å². The van der Waals surface area contributed by atoms with E-state index in [1.165, 1.54) is 0 Å². The van der Waals surface area contributed by atoms with Gasteiger partial charge in [0, 0.05) is 27.7 Å². The Morgan fingerprint density at radius 2 is 1.27 bits per heavy atom. The molecule has 0 amide bonds. The van der Waals surface area contributed by atoms with E-state index in [-0.39, 0.29) is 0 Å². The lowest BCUT2D eigenvalue weighted by atomic mass is 9.98. The maximum absolute atomic E-state index is 11.7. The lowest BCUT2D eigenvalue weighted by Crippen LogP contribution is -2.63. The zero-order chi connectivity index (χ0) is 23.2. The Labute approximate surface area is 186 Å². The number of rotatable bonds is 6. The molecule has 30 heavy (non-hydrogen) atoms. The predicted octanol–water partition coefficient (Wildman–Crippen LogP) is 1.43. The van der Waals surface area contributed by atoms with Crippen LogP contribution < -0.4 is 0 Å². The van der Waals surface area contributed by atoms with Crippen molar-refractivity contribution in [2.45, 2.75) is 62.2 Å². The van der Waals surface area contributed by atoms with Crippen LogP contribution in [0.1, 0.15) is 27.7 Å². The minimum absolute atomic E-state index is 0.460. The Balaban J connectivity index is 3.37. The average molecular weight is 493 g/mol. The van der Waals surface area contributed by atoms with Gasteiger partial charge in [-0.1, -0.05) is 34.8 Å². The molecule has 0 radical (unpaired) electrons. The van der Waals surface area contributed by atoms with E-state index in [0.29, 0.717) is 0 Å². The van der Waals surface area contributed by atoms with Crippen LogP contribution >= 0.6 is 34.8 Å². The van der Waals surface area contributed by atoms with Gasteiger partial charge in [0.25, 0.3) is 3.79 Å². The molecule has 0 aromatic heterocycles. The van der Waals surface area contributed by atoms with Gasteiger partial charge in [0.15, 0.2) is 12.2 Å². The summed E-state index contributed by atoms with van der Waals surface area (Å²) in [5, 5.41) is 7.74. The Hall–Kier alpha value is -1.82. The van der Waals surface area contributed by atoms with Crippen molar-refractivity contribution < 1.29 is 47.6 Å². The quantitative estimate of drug-likeness (QED) is 0.190. The van der Waals surface area contributed by atoms with Crippen LogP contribution in [0.25, 0.3) is 0 Å². The van der Waals surface area contributed by atoms with E-state index in [1.807, 2.05) is 0 Å². The maximum atomic E-state index is 11.7. The molecule has 1 N–H and O–H groups in total. The second kappa shape index (κ2) is 11.0. The fraction of sp³-hybridized carbons (Fsp3) is 0.688. The normalized spacial score (nSPS) is 26.2. The highest BCUT2D eigenvalue weighted by molar-refractivity contribution is 6.76. The molecule has 0 aromatic carbocycles. The van der Waals surface area contributed by atoms with Gasteiger partial charge in [-0.3, -0.25) is 24.6 Å². The van der Waals surface area contributed by atoms with Crippen molar-refractivity contribution in [1.82, 2.24) is 0 Å². The van der Waals surface area contributed by atoms with E-state index in [9.17, 15) is 19.2 Å². The number of esters is 4. The van der Waals surface area contributed by atoms with Crippen molar-refractivity contribution in [3.05, 3.63) is 0 Å². The van der Waals surface area contributed by atoms with Gasteiger partial charge in [0.05, 0.1) is 0 Å². The first-order chi connectivity index (χ1) is 13.7. The summed E-state index contributed by atoms with van der Waals surface area (Å²) < 4.78 is 28.9. The lowest BCUT2D eigenvalue weighted by Gasteiger charge is -2.44. The molecule has 1 heterocycles. The minimum Gasteiger partial charge on any atom is -0.463 e. The molecule has 1 aliphatic heterocycles. The van der Waals surface area contributed by atoms with Crippen molar-refractivity contribution in [2.75, 3.05) is 6.61 Å². The number of carbonyl (C=O) groups excluding carboxylic acids is 4. The van der Waals surface area contributed by atoms with E-state index in [4.69, 9.17) is 68.6 Å². The van der Waals surface area contributed by atoms with Crippen molar-refractivity contribution in [3.8, 4) is 0 Å². The molecule has 1 fully saturated rings. The van der Waals surface area contributed by atoms with E-state index in [0.717, 1.165) is 27.7 Å². The van der Waals surface area contributed by atoms with Crippen LogP contribution in [0.4, 0.5) is 0 Å². The van der Waals surface area contributed by atoms with Crippen molar-refractivity contribution in [3.63, 3.8) is 0 Å². The Kier molecular flexibility index (Phi) is 9.60. The average Bonchev–Trinajstić information content (AvgIpc) is 2.56. The van der Waals surface area contributed by atoms with Crippen LogP contribution in [0.3, 0.4) is 0 Å². The summed E-state index contributed by atoms with van der Waals surface area (Å²) in [6.45, 7) is 3.86. The van der Waals surface area contributed by atoms with Crippen molar-refractivity contribution in [2.24, 2.45) is 0 Å². The summed E-state index contributed by atoms with van der Waals surface area (Å²) in [4.78, 5) is 46.1. The Morgan fingerprint density at radius 1 is 0.800 bits per heavy atom. The molecule has 170 valence electrons. The largest absolute Gasteiger partial charge is 0.463 e. The van der Waals surface area contributed by atoms with Gasteiger partial charge in [-0.05, 0) is 0 Å². The zero-order valence-electron chi connectivity index (χ0n) is 16.3. The van der Waals surface area contributed by atoms with Crippen LogP contribution in [-0.4, -0.2) is 70.9 Å². The number of carbonyl (C=O) groups is 4. The molecule has 5 atom stereocenters. The molecule has 1 aliphatic rings. The van der Waals surface area contributed by atoms with Gasteiger partial charge in [-0.25, -0.2) is 0 Å². The van der Waals surface area contributed by atoms with Crippen molar-refractivity contribution in [1.29, 1.82) is 5.41 Å². The molecule has 0 saturated carbocycles. The summed E-state index contributed by atoms with van der Waals surface area (Å²) in [6.07, 6.45) is -7.25. The number of ether oxygens (including phenoxy) is 6. The van der Waals surface area contributed by atoms with E-state index >= 15 is 0 Å². The first-order valence-electron chi connectivity index (χ1n) is 8.35. The highest BCUT2D eigenvalue weighted by atomic mass is 35.6. The number of hydrogen-bond acceptors (Lipinski definition) is 11. The molecule has 14 heteroatoms. The SMILES string of the molecule is CC(=O)OC[C@H]1O[C@H](OC(=N)C(Cl)(Cl)Cl)[C@H](OC(C)=O)C(OC(C)=O)C1OC(C)=O. The third-order valence-corrected chi connectivity index (χ3v) is 3.95. The predicted molar refractivity (Wildman–Crippen MR) is 101 cm³/mol. The Bertz CT molecular complexity index is 695. The molecule has 2 unspecified atom stereocenters. The van der Waals surface area contributed by atoms with Crippen LogP contribution in [0.15, 0.2) is 0 Å². The van der Waals surface area contributed by atoms with Crippen molar-refractivity contribution >= 4 is 64.6 Å². The summed E-state index contributed by atoms with van der Waals surface area (Å²) in [5.74, 6) is -4.03.